The molecule has 2 rings (SSSR count). The van der Waals surface area contributed by atoms with Crippen LogP contribution in [-0.2, 0) is 0 Å². The van der Waals surface area contributed by atoms with E-state index in [2.05, 4.69) is 25.1 Å². The van der Waals surface area contributed by atoms with Crippen molar-refractivity contribution < 1.29 is 5.21 Å². The third kappa shape index (κ3) is 2.84. The monoisotopic (exact) mass is 252 g/mol. The standard InChI is InChI=1S/C9H12N6OS/c10-6(15-16)2-1-3-17-9-7-8(12-4-11-7)13-5-14-9/h4-5,16H,1-3H2,(H2,10,15)(H,11,12,13,14). The molecule has 17 heavy (non-hydrogen) atoms. The maximum atomic E-state index is 8.39. The molecular weight excluding hydrogens is 240 g/mol. The van der Waals surface area contributed by atoms with Gasteiger partial charge in [-0.2, -0.15) is 0 Å². The van der Waals surface area contributed by atoms with Crippen LogP contribution in [0.25, 0.3) is 11.2 Å². The molecule has 0 radical (unpaired) electrons. The summed E-state index contributed by atoms with van der Waals surface area (Å²) in [6.07, 6.45) is 4.48. The zero-order valence-electron chi connectivity index (χ0n) is 9.00. The van der Waals surface area contributed by atoms with Crippen LogP contribution in [0.2, 0.25) is 0 Å². The second kappa shape index (κ2) is 5.48. The van der Waals surface area contributed by atoms with Gasteiger partial charge in [0.1, 0.15) is 22.7 Å². The third-order valence-corrected chi connectivity index (χ3v) is 3.21. The molecule has 2 heterocycles. The molecule has 0 amide bonds. The number of hydrogen-bond acceptors (Lipinski definition) is 6. The predicted octanol–water partition coefficient (Wildman–Crippen LogP) is 0.972. The molecule has 0 bridgehead atoms. The third-order valence-electron chi connectivity index (χ3n) is 2.13. The Balaban J connectivity index is 1.93. The van der Waals surface area contributed by atoms with Crippen molar-refractivity contribution in [1.29, 1.82) is 0 Å². The molecule has 0 aliphatic rings. The highest BCUT2D eigenvalue weighted by atomic mass is 32.2. The fourth-order valence-electron chi connectivity index (χ4n) is 1.32. The first-order valence-electron chi connectivity index (χ1n) is 5.04. The van der Waals surface area contributed by atoms with Gasteiger partial charge in [-0.3, -0.25) is 0 Å². The molecule has 0 saturated carbocycles. The Labute approximate surface area is 102 Å². The Kier molecular flexibility index (Phi) is 3.76. The SMILES string of the molecule is NC(CCCSc1ncnc2nc[nH]c12)=NO. The van der Waals surface area contributed by atoms with Gasteiger partial charge in [0.2, 0.25) is 0 Å². The minimum atomic E-state index is 0.250. The highest BCUT2D eigenvalue weighted by molar-refractivity contribution is 7.99. The summed E-state index contributed by atoms with van der Waals surface area (Å²) in [5.41, 5.74) is 6.89. The maximum Gasteiger partial charge on any atom is 0.181 e. The summed E-state index contributed by atoms with van der Waals surface area (Å²) in [5, 5.41) is 12.2. The molecule has 0 aliphatic carbocycles. The van der Waals surface area contributed by atoms with E-state index in [0.717, 1.165) is 22.7 Å². The van der Waals surface area contributed by atoms with E-state index in [1.165, 1.54) is 6.33 Å². The second-order valence-electron chi connectivity index (χ2n) is 3.32. The number of imidazole rings is 1. The van der Waals surface area contributed by atoms with Gasteiger partial charge in [-0.25, -0.2) is 15.0 Å². The minimum absolute atomic E-state index is 0.250. The van der Waals surface area contributed by atoms with Crippen LogP contribution >= 0.6 is 11.8 Å². The average molecular weight is 252 g/mol. The molecule has 2 aromatic heterocycles. The summed E-state index contributed by atoms with van der Waals surface area (Å²) in [4.78, 5) is 15.3. The lowest BCUT2D eigenvalue weighted by Crippen LogP contribution is -2.11. The maximum absolute atomic E-state index is 8.39. The second-order valence-corrected chi connectivity index (χ2v) is 4.41. The predicted molar refractivity (Wildman–Crippen MR) is 65.1 cm³/mol. The van der Waals surface area contributed by atoms with Gasteiger partial charge in [-0.05, 0) is 6.42 Å². The molecule has 7 nitrogen and oxygen atoms in total. The number of aromatic amines is 1. The summed E-state index contributed by atoms with van der Waals surface area (Å²) in [7, 11) is 0. The van der Waals surface area contributed by atoms with E-state index >= 15 is 0 Å². The number of aromatic nitrogens is 4. The van der Waals surface area contributed by atoms with Crippen molar-refractivity contribution in [2.24, 2.45) is 10.9 Å². The first-order valence-corrected chi connectivity index (χ1v) is 6.03. The molecule has 8 heteroatoms. The number of H-pyrrole nitrogens is 1. The Morgan fingerprint density at radius 3 is 3.18 bits per heavy atom. The number of hydrogen-bond donors (Lipinski definition) is 3. The van der Waals surface area contributed by atoms with E-state index in [1.54, 1.807) is 18.1 Å². The smallest absolute Gasteiger partial charge is 0.181 e. The van der Waals surface area contributed by atoms with Crippen molar-refractivity contribution in [2.45, 2.75) is 17.9 Å². The molecular formula is C9H12N6OS. The molecule has 0 spiro atoms. The number of oxime groups is 1. The van der Waals surface area contributed by atoms with Crippen LogP contribution in [-0.4, -0.2) is 36.7 Å². The summed E-state index contributed by atoms with van der Waals surface area (Å²) in [6, 6.07) is 0. The van der Waals surface area contributed by atoms with E-state index in [9.17, 15) is 0 Å². The molecule has 0 unspecified atom stereocenters. The number of nitrogens with two attached hydrogens (primary N) is 1. The Bertz CT molecular complexity index is 525. The van der Waals surface area contributed by atoms with E-state index in [-0.39, 0.29) is 5.84 Å². The zero-order valence-corrected chi connectivity index (χ0v) is 9.81. The van der Waals surface area contributed by atoms with Crippen LogP contribution in [0.1, 0.15) is 12.8 Å². The molecule has 90 valence electrons. The summed E-state index contributed by atoms with van der Waals surface area (Å²) < 4.78 is 0. The molecule has 0 saturated heterocycles. The van der Waals surface area contributed by atoms with Crippen molar-refractivity contribution in [2.75, 3.05) is 5.75 Å². The topological polar surface area (TPSA) is 113 Å². The number of nitrogens with zero attached hydrogens (tertiary/aromatic N) is 4. The quantitative estimate of drug-likeness (QED) is 0.139. The summed E-state index contributed by atoms with van der Waals surface area (Å²) >= 11 is 1.59. The molecule has 0 aromatic carbocycles. The molecule has 0 atom stereocenters. The molecule has 0 aliphatic heterocycles. The van der Waals surface area contributed by atoms with E-state index in [0.29, 0.717) is 12.1 Å². The van der Waals surface area contributed by atoms with E-state index < -0.39 is 0 Å². The van der Waals surface area contributed by atoms with Gasteiger partial charge in [0.15, 0.2) is 5.65 Å². The lowest BCUT2D eigenvalue weighted by atomic mass is 10.3. The van der Waals surface area contributed by atoms with Gasteiger partial charge in [-0.1, -0.05) is 5.16 Å². The van der Waals surface area contributed by atoms with Crippen LogP contribution in [0.3, 0.4) is 0 Å². The van der Waals surface area contributed by atoms with Gasteiger partial charge in [0.05, 0.1) is 6.33 Å². The van der Waals surface area contributed by atoms with Crippen molar-refractivity contribution >= 4 is 28.8 Å². The van der Waals surface area contributed by atoms with Gasteiger partial charge in [-0.15, -0.1) is 11.8 Å². The van der Waals surface area contributed by atoms with Crippen LogP contribution in [0.15, 0.2) is 22.8 Å². The molecule has 2 aromatic rings. The fourth-order valence-corrected chi connectivity index (χ4v) is 2.22. The van der Waals surface area contributed by atoms with Crippen molar-refractivity contribution in [3.05, 3.63) is 12.7 Å². The largest absolute Gasteiger partial charge is 0.409 e. The molecule has 0 fully saturated rings. The van der Waals surface area contributed by atoms with E-state index in [1.807, 2.05) is 0 Å². The van der Waals surface area contributed by atoms with E-state index in [4.69, 9.17) is 10.9 Å². The van der Waals surface area contributed by atoms with Crippen LogP contribution in [0.5, 0.6) is 0 Å². The first kappa shape index (κ1) is 11.6. The number of amidine groups is 1. The summed E-state index contributed by atoms with van der Waals surface area (Å²) in [6.45, 7) is 0. The number of thioether (sulfide) groups is 1. The first-order chi connectivity index (χ1) is 8.31. The summed E-state index contributed by atoms with van der Waals surface area (Å²) in [5.74, 6) is 1.08. The highest BCUT2D eigenvalue weighted by Gasteiger charge is 2.05. The van der Waals surface area contributed by atoms with Crippen LogP contribution < -0.4 is 5.73 Å². The van der Waals surface area contributed by atoms with Crippen LogP contribution in [0.4, 0.5) is 0 Å². The lowest BCUT2D eigenvalue weighted by Gasteiger charge is -2.01. The van der Waals surface area contributed by atoms with Crippen LogP contribution in [0, 0.1) is 0 Å². The van der Waals surface area contributed by atoms with Gasteiger partial charge in [0.25, 0.3) is 0 Å². The molecule has 4 N–H and O–H groups in total. The Morgan fingerprint density at radius 2 is 2.35 bits per heavy atom. The van der Waals surface area contributed by atoms with Crippen molar-refractivity contribution in [3.8, 4) is 0 Å². The van der Waals surface area contributed by atoms with Crippen molar-refractivity contribution in [3.63, 3.8) is 0 Å². The Morgan fingerprint density at radius 1 is 1.47 bits per heavy atom. The van der Waals surface area contributed by atoms with Crippen molar-refractivity contribution in [1.82, 2.24) is 19.9 Å². The normalized spacial score (nSPS) is 12.1. The Hall–Kier alpha value is -1.83. The minimum Gasteiger partial charge on any atom is -0.409 e. The zero-order chi connectivity index (χ0) is 12.1. The average Bonchev–Trinajstić information content (AvgIpc) is 2.83. The fraction of sp³-hybridized carbons (Fsp3) is 0.333. The lowest BCUT2D eigenvalue weighted by molar-refractivity contribution is 0.317. The number of rotatable bonds is 5. The highest BCUT2D eigenvalue weighted by Crippen LogP contribution is 2.22. The number of fused-ring (bicyclic) bond motifs is 1. The van der Waals surface area contributed by atoms with Gasteiger partial charge >= 0.3 is 0 Å². The number of nitrogens with one attached hydrogen (secondary N) is 1. The van der Waals surface area contributed by atoms with Gasteiger partial charge < -0.3 is 15.9 Å². The van der Waals surface area contributed by atoms with Gasteiger partial charge in [0, 0.05) is 12.2 Å².